The lowest BCUT2D eigenvalue weighted by Crippen LogP contribution is -2.19. The zero-order valence-electron chi connectivity index (χ0n) is 8.71. The summed E-state index contributed by atoms with van der Waals surface area (Å²) in [5.41, 5.74) is 4.71. The molecule has 2 rings (SSSR count). The van der Waals surface area contributed by atoms with Crippen LogP contribution >= 0.6 is 25.3 Å². The number of hydrogen-bond acceptors (Lipinski definition) is 2. The van der Waals surface area contributed by atoms with E-state index >= 15 is 0 Å². The van der Waals surface area contributed by atoms with Crippen molar-refractivity contribution in [2.45, 2.75) is 50.7 Å². The predicted molar refractivity (Wildman–Crippen MR) is 69.2 cm³/mol. The molecule has 0 spiro atoms. The highest BCUT2D eigenvalue weighted by Crippen LogP contribution is 2.48. The van der Waals surface area contributed by atoms with E-state index in [-0.39, 0.29) is 0 Å². The van der Waals surface area contributed by atoms with Gasteiger partial charge in [0.05, 0.1) is 0 Å². The van der Waals surface area contributed by atoms with Gasteiger partial charge in [-0.3, -0.25) is 0 Å². The molecule has 0 bridgehead atoms. The molecule has 0 aliphatic heterocycles. The summed E-state index contributed by atoms with van der Waals surface area (Å²) in [5, 5.41) is 0.573. The fraction of sp³-hybridized carbons (Fsp3) is 0.667. The van der Waals surface area contributed by atoms with Crippen molar-refractivity contribution in [2.75, 3.05) is 0 Å². The molecule has 0 saturated heterocycles. The first-order valence-corrected chi connectivity index (χ1v) is 6.53. The number of fused-ring (bicyclic) bond motifs is 1. The number of thiol groups is 2. The van der Waals surface area contributed by atoms with E-state index < -0.39 is 0 Å². The van der Waals surface area contributed by atoms with E-state index in [4.69, 9.17) is 0 Å². The normalized spacial score (nSPS) is 26.4. The Hall–Kier alpha value is 0.180. The highest BCUT2D eigenvalue weighted by molar-refractivity contribution is 7.85. The lowest BCUT2D eigenvalue weighted by molar-refractivity contribution is 0.664. The quantitative estimate of drug-likeness (QED) is 0.664. The van der Waals surface area contributed by atoms with Gasteiger partial charge in [0.25, 0.3) is 0 Å². The molecule has 1 saturated carbocycles. The van der Waals surface area contributed by atoms with Crippen LogP contribution in [-0.4, -0.2) is 5.25 Å². The Labute approximate surface area is 97.7 Å². The van der Waals surface area contributed by atoms with Crippen molar-refractivity contribution in [3.05, 3.63) is 21.6 Å². The summed E-state index contributed by atoms with van der Waals surface area (Å²) < 4.78 is 0. The molecule has 0 radical (unpaired) electrons. The second-order valence-electron chi connectivity index (χ2n) is 4.28. The molecule has 0 N–H and O–H groups in total. The van der Waals surface area contributed by atoms with Crippen LogP contribution in [0.5, 0.6) is 0 Å². The number of hydrogen-bond donors (Lipinski definition) is 2. The van der Waals surface area contributed by atoms with E-state index in [0.29, 0.717) is 5.25 Å². The Kier molecular flexibility index (Phi) is 3.33. The lowest BCUT2D eigenvalue weighted by Gasteiger charge is -2.35. The molecule has 0 aromatic rings. The second kappa shape index (κ2) is 4.36. The first kappa shape index (κ1) is 10.7. The molecular formula is C12H18S2. The smallest absolute Gasteiger partial charge is 0.0110 e. The maximum atomic E-state index is 4.60. The maximum absolute atomic E-state index is 4.60. The van der Waals surface area contributed by atoms with Gasteiger partial charge in [0, 0.05) is 10.2 Å². The van der Waals surface area contributed by atoms with Gasteiger partial charge in [-0.15, -0.1) is 12.6 Å². The van der Waals surface area contributed by atoms with Crippen molar-refractivity contribution >= 4 is 25.3 Å². The van der Waals surface area contributed by atoms with Crippen LogP contribution in [0.4, 0.5) is 0 Å². The van der Waals surface area contributed by atoms with Gasteiger partial charge in [-0.1, -0.05) is 13.3 Å². The monoisotopic (exact) mass is 226 g/mol. The van der Waals surface area contributed by atoms with Crippen LogP contribution in [0.15, 0.2) is 21.6 Å². The third-order valence-electron chi connectivity index (χ3n) is 3.25. The van der Waals surface area contributed by atoms with Crippen LogP contribution in [-0.2, 0) is 0 Å². The van der Waals surface area contributed by atoms with Gasteiger partial charge in [-0.2, -0.15) is 12.6 Å². The van der Waals surface area contributed by atoms with E-state index in [1.165, 1.54) is 42.6 Å². The number of rotatable bonds is 3. The zero-order valence-corrected chi connectivity index (χ0v) is 10.5. The van der Waals surface area contributed by atoms with Crippen LogP contribution in [0.1, 0.15) is 45.4 Å². The highest BCUT2D eigenvalue weighted by atomic mass is 32.1. The molecule has 0 aromatic heterocycles. The minimum Gasteiger partial charge on any atom is -0.176 e. The summed E-state index contributed by atoms with van der Waals surface area (Å²) >= 11 is 9.15. The molecule has 0 aromatic carbocycles. The molecule has 2 heteroatoms. The van der Waals surface area contributed by atoms with Gasteiger partial charge in [0.2, 0.25) is 0 Å². The van der Waals surface area contributed by atoms with Crippen LogP contribution in [0.25, 0.3) is 0 Å². The SMILES string of the molecule is CCCCC1=C2CCC(S)CC2=C1S. The van der Waals surface area contributed by atoms with Crippen LogP contribution in [0.2, 0.25) is 0 Å². The predicted octanol–water partition coefficient (Wildman–Crippen LogP) is 4.15. The molecule has 0 amide bonds. The van der Waals surface area contributed by atoms with Gasteiger partial charge in [-0.25, -0.2) is 0 Å². The molecule has 2 aliphatic carbocycles. The molecule has 1 fully saturated rings. The third-order valence-corrected chi connectivity index (χ3v) is 4.23. The van der Waals surface area contributed by atoms with Crippen LogP contribution in [0, 0.1) is 0 Å². The van der Waals surface area contributed by atoms with Crippen molar-refractivity contribution in [1.29, 1.82) is 0 Å². The molecule has 0 nitrogen and oxygen atoms in total. The summed E-state index contributed by atoms with van der Waals surface area (Å²) in [7, 11) is 0. The van der Waals surface area contributed by atoms with Crippen LogP contribution in [0.3, 0.4) is 0 Å². The van der Waals surface area contributed by atoms with E-state index in [1.54, 1.807) is 11.1 Å². The topological polar surface area (TPSA) is 0 Å². The van der Waals surface area contributed by atoms with Gasteiger partial charge in [0.15, 0.2) is 0 Å². The summed E-state index contributed by atoms with van der Waals surface area (Å²) in [5.74, 6) is 0. The Morgan fingerprint density at radius 3 is 2.86 bits per heavy atom. The van der Waals surface area contributed by atoms with Crippen molar-refractivity contribution in [3.63, 3.8) is 0 Å². The Balaban J connectivity index is 2.03. The fourth-order valence-electron chi connectivity index (χ4n) is 2.38. The molecule has 1 atom stereocenters. The summed E-state index contributed by atoms with van der Waals surface area (Å²) in [6.45, 7) is 2.25. The standard InChI is InChI=1S/C12H18S2/c1-2-3-4-10-9-6-5-8(13)7-11(9)12(10)14/h8,13-14H,2-7H2,1H3. The summed E-state index contributed by atoms with van der Waals surface area (Å²) in [6.07, 6.45) is 7.46. The van der Waals surface area contributed by atoms with Crippen LogP contribution < -0.4 is 0 Å². The first-order chi connectivity index (χ1) is 6.74. The minimum atomic E-state index is 0.573. The summed E-state index contributed by atoms with van der Waals surface area (Å²) in [4.78, 5) is 1.30. The molecule has 1 unspecified atom stereocenters. The van der Waals surface area contributed by atoms with Gasteiger partial charge < -0.3 is 0 Å². The van der Waals surface area contributed by atoms with E-state index in [0.717, 1.165) is 6.42 Å². The van der Waals surface area contributed by atoms with Crippen molar-refractivity contribution < 1.29 is 0 Å². The van der Waals surface area contributed by atoms with E-state index in [9.17, 15) is 0 Å². The van der Waals surface area contributed by atoms with Gasteiger partial charge in [-0.05, 0) is 48.8 Å². The third kappa shape index (κ3) is 1.79. The molecular weight excluding hydrogens is 208 g/mol. The first-order valence-electron chi connectivity index (χ1n) is 5.57. The van der Waals surface area contributed by atoms with Crippen molar-refractivity contribution in [3.8, 4) is 0 Å². The van der Waals surface area contributed by atoms with Crippen molar-refractivity contribution in [2.24, 2.45) is 0 Å². The van der Waals surface area contributed by atoms with Crippen molar-refractivity contribution in [1.82, 2.24) is 0 Å². The maximum Gasteiger partial charge on any atom is 0.0110 e. The zero-order chi connectivity index (χ0) is 10.1. The average molecular weight is 226 g/mol. The number of allylic oxidation sites excluding steroid dienone is 3. The molecule has 14 heavy (non-hydrogen) atoms. The lowest BCUT2D eigenvalue weighted by atomic mass is 9.76. The average Bonchev–Trinajstić information content (AvgIpc) is 2.19. The molecule has 0 heterocycles. The Morgan fingerprint density at radius 2 is 2.14 bits per heavy atom. The molecule has 78 valence electrons. The minimum absolute atomic E-state index is 0.573. The fourth-order valence-corrected chi connectivity index (χ4v) is 3.17. The Morgan fingerprint density at radius 1 is 1.36 bits per heavy atom. The number of unbranched alkanes of at least 4 members (excludes halogenated alkanes) is 1. The van der Waals surface area contributed by atoms with Gasteiger partial charge in [0.1, 0.15) is 0 Å². The van der Waals surface area contributed by atoms with E-state index in [2.05, 4.69) is 32.2 Å². The highest BCUT2D eigenvalue weighted by Gasteiger charge is 2.30. The second-order valence-corrected chi connectivity index (χ2v) is 5.46. The summed E-state index contributed by atoms with van der Waals surface area (Å²) in [6, 6.07) is 0. The molecule has 2 aliphatic rings. The largest absolute Gasteiger partial charge is 0.176 e. The van der Waals surface area contributed by atoms with E-state index in [1.807, 2.05) is 0 Å². The Bertz CT molecular complexity index is 295. The van der Waals surface area contributed by atoms with Gasteiger partial charge >= 0.3 is 0 Å².